The van der Waals surface area contributed by atoms with Crippen LogP contribution in [0.25, 0.3) is 11.3 Å². The lowest BCUT2D eigenvalue weighted by molar-refractivity contribution is -0.121. The van der Waals surface area contributed by atoms with Gasteiger partial charge in [0.1, 0.15) is 11.9 Å². The normalized spacial score (nSPS) is 15.6. The van der Waals surface area contributed by atoms with Gasteiger partial charge in [-0.05, 0) is 30.9 Å². The fraction of sp³-hybridized carbons (Fsp3) is 0.389. The molecule has 0 radical (unpaired) electrons. The maximum atomic E-state index is 11.6. The van der Waals surface area contributed by atoms with Gasteiger partial charge in [0.05, 0.1) is 17.3 Å². The first kappa shape index (κ1) is 18.0. The predicted octanol–water partition coefficient (Wildman–Crippen LogP) is 3.74. The van der Waals surface area contributed by atoms with Crippen molar-refractivity contribution in [3.63, 3.8) is 0 Å². The van der Waals surface area contributed by atoms with Crippen LogP contribution in [0.5, 0.6) is 5.75 Å². The Hall–Kier alpha value is -1.79. The maximum absolute atomic E-state index is 11.6. The van der Waals surface area contributed by atoms with Gasteiger partial charge in [-0.2, -0.15) is 0 Å². The number of aromatic nitrogens is 2. The van der Waals surface area contributed by atoms with Gasteiger partial charge in [0, 0.05) is 30.2 Å². The van der Waals surface area contributed by atoms with E-state index in [1.807, 2.05) is 25.3 Å². The van der Waals surface area contributed by atoms with E-state index < -0.39 is 0 Å². The summed E-state index contributed by atoms with van der Waals surface area (Å²) < 4.78 is 5.92. The van der Waals surface area contributed by atoms with Gasteiger partial charge >= 0.3 is 0 Å². The third-order valence-corrected chi connectivity index (χ3v) is 4.81. The Morgan fingerprint density at radius 1 is 1.48 bits per heavy atom. The molecule has 5 nitrogen and oxygen atoms in total. The summed E-state index contributed by atoms with van der Waals surface area (Å²) in [7, 11) is 0. The minimum atomic E-state index is -0.0873. The topological polar surface area (TPSA) is 64.1 Å². The maximum Gasteiger partial charge on any atom is 0.220 e. The number of carbonyl (C=O) groups is 1. The van der Waals surface area contributed by atoms with E-state index in [1.165, 1.54) is 11.8 Å². The van der Waals surface area contributed by atoms with Crippen molar-refractivity contribution >= 4 is 29.3 Å². The van der Waals surface area contributed by atoms with E-state index in [2.05, 4.69) is 21.4 Å². The predicted molar refractivity (Wildman–Crippen MR) is 100 cm³/mol. The molecule has 0 spiro atoms. The van der Waals surface area contributed by atoms with Gasteiger partial charge < -0.3 is 10.1 Å². The number of nitrogens with one attached hydrogen (secondary N) is 1. The van der Waals surface area contributed by atoms with Crippen molar-refractivity contribution in [2.45, 2.75) is 37.4 Å². The first-order chi connectivity index (χ1) is 12.1. The number of ether oxygens (including phenoxy) is 1. The molecule has 2 aromatic rings. The lowest BCUT2D eigenvalue weighted by Gasteiger charge is -2.12. The lowest BCUT2D eigenvalue weighted by Crippen LogP contribution is -2.34. The Balaban J connectivity index is 1.75. The number of thioether (sulfide) groups is 1. The highest BCUT2D eigenvalue weighted by Gasteiger charge is 2.26. The molecule has 3 rings (SSSR count). The van der Waals surface area contributed by atoms with Crippen LogP contribution >= 0.6 is 23.4 Å². The lowest BCUT2D eigenvalue weighted by atomic mass is 10.0. The molecule has 1 amide bonds. The Kier molecular flexibility index (Phi) is 5.81. The van der Waals surface area contributed by atoms with E-state index in [0.717, 1.165) is 34.8 Å². The number of fused-ring (bicyclic) bond motifs is 1. The van der Waals surface area contributed by atoms with E-state index in [9.17, 15) is 4.79 Å². The van der Waals surface area contributed by atoms with Gasteiger partial charge in [0.2, 0.25) is 5.91 Å². The van der Waals surface area contributed by atoms with Crippen molar-refractivity contribution in [1.29, 1.82) is 0 Å². The largest absolute Gasteiger partial charge is 0.486 e. The molecule has 1 atom stereocenters. The quantitative estimate of drug-likeness (QED) is 0.613. The number of rotatable bonds is 6. The first-order valence-electron chi connectivity index (χ1n) is 8.24. The van der Waals surface area contributed by atoms with Crippen LogP contribution in [0.2, 0.25) is 5.02 Å². The fourth-order valence-corrected chi connectivity index (χ4v) is 3.43. The van der Waals surface area contributed by atoms with Crippen molar-refractivity contribution in [3.8, 4) is 17.0 Å². The number of amides is 1. The number of halogens is 1. The second-order valence-corrected chi connectivity index (χ2v) is 7.05. The molecule has 1 aliphatic heterocycles. The second-order valence-electron chi connectivity index (χ2n) is 5.87. The van der Waals surface area contributed by atoms with E-state index in [1.54, 1.807) is 6.20 Å². The highest BCUT2D eigenvalue weighted by atomic mass is 35.5. The Bertz CT molecular complexity index is 785. The number of nitrogens with zero attached hydrogens (tertiary/aromatic N) is 2. The van der Waals surface area contributed by atoms with Gasteiger partial charge in [-0.25, -0.2) is 9.97 Å². The Morgan fingerprint density at radius 3 is 3.08 bits per heavy atom. The van der Waals surface area contributed by atoms with Crippen LogP contribution < -0.4 is 10.1 Å². The van der Waals surface area contributed by atoms with Gasteiger partial charge in [-0.15, -0.1) is 0 Å². The SMILES string of the molecule is CCCC(=O)NC[C@H]1Cc2cc(-c3ccnc(SC)n3)cc(Cl)c2O1. The Labute approximate surface area is 156 Å². The van der Waals surface area contributed by atoms with Crippen LogP contribution in [0, 0.1) is 0 Å². The number of hydrogen-bond acceptors (Lipinski definition) is 5. The molecule has 0 unspecified atom stereocenters. The average Bonchev–Trinajstić information content (AvgIpc) is 3.04. The first-order valence-corrected chi connectivity index (χ1v) is 9.84. The minimum Gasteiger partial charge on any atom is -0.486 e. The number of benzene rings is 1. The molecule has 1 aliphatic rings. The van der Waals surface area contributed by atoms with Crippen molar-refractivity contribution in [3.05, 3.63) is 35.0 Å². The van der Waals surface area contributed by atoms with Gasteiger partial charge in [-0.3, -0.25) is 4.79 Å². The molecule has 7 heteroatoms. The molecule has 25 heavy (non-hydrogen) atoms. The van der Waals surface area contributed by atoms with E-state index in [-0.39, 0.29) is 12.0 Å². The standard InChI is InChI=1S/C18H20ClN3O2S/c1-3-4-16(23)21-10-13-8-12-7-11(9-14(19)17(12)24-13)15-5-6-20-18(22-15)25-2/h5-7,9,13H,3-4,8,10H2,1-2H3,(H,21,23)/t13-/m1/s1. The molecule has 0 bridgehead atoms. The summed E-state index contributed by atoms with van der Waals surface area (Å²) in [6.07, 6.45) is 5.70. The zero-order chi connectivity index (χ0) is 17.8. The molecule has 1 aromatic heterocycles. The summed E-state index contributed by atoms with van der Waals surface area (Å²) in [5.74, 6) is 0.763. The average molecular weight is 378 g/mol. The fourth-order valence-electron chi connectivity index (χ4n) is 2.79. The second kappa shape index (κ2) is 8.06. The van der Waals surface area contributed by atoms with Crippen LogP contribution in [0.1, 0.15) is 25.3 Å². The van der Waals surface area contributed by atoms with Crippen LogP contribution in [0.4, 0.5) is 0 Å². The summed E-state index contributed by atoms with van der Waals surface area (Å²) in [4.78, 5) is 20.4. The molecule has 1 aromatic carbocycles. The molecular formula is C18H20ClN3O2S. The van der Waals surface area contributed by atoms with E-state index >= 15 is 0 Å². The smallest absolute Gasteiger partial charge is 0.220 e. The molecule has 132 valence electrons. The van der Waals surface area contributed by atoms with Crippen molar-refractivity contribution in [2.24, 2.45) is 0 Å². The van der Waals surface area contributed by atoms with E-state index in [4.69, 9.17) is 16.3 Å². The summed E-state index contributed by atoms with van der Waals surface area (Å²) >= 11 is 7.92. The van der Waals surface area contributed by atoms with E-state index in [0.29, 0.717) is 23.7 Å². The molecule has 0 saturated heterocycles. The number of hydrogen-bond donors (Lipinski definition) is 1. The summed E-state index contributed by atoms with van der Waals surface area (Å²) in [5.41, 5.74) is 2.83. The molecular weight excluding hydrogens is 358 g/mol. The van der Waals surface area contributed by atoms with Crippen LogP contribution in [0.15, 0.2) is 29.6 Å². The van der Waals surface area contributed by atoms with Crippen LogP contribution in [-0.2, 0) is 11.2 Å². The highest BCUT2D eigenvalue weighted by molar-refractivity contribution is 7.98. The van der Waals surface area contributed by atoms with Crippen molar-refractivity contribution < 1.29 is 9.53 Å². The monoisotopic (exact) mass is 377 g/mol. The Morgan fingerprint density at radius 2 is 2.32 bits per heavy atom. The molecule has 2 heterocycles. The van der Waals surface area contributed by atoms with Gasteiger partial charge in [0.25, 0.3) is 0 Å². The minimum absolute atomic E-state index is 0.0550. The van der Waals surface area contributed by atoms with Gasteiger partial charge in [-0.1, -0.05) is 30.3 Å². The van der Waals surface area contributed by atoms with Crippen LogP contribution in [0.3, 0.4) is 0 Å². The third kappa shape index (κ3) is 4.25. The molecule has 0 saturated carbocycles. The third-order valence-electron chi connectivity index (χ3n) is 3.97. The molecule has 0 aliphatic carbocycles. The van der Waals surface area contributed by atoms with Crippen molar-refractivity contribution in [1.82, 2.24) is 15.3 Å². The van der Waals surface area contributed by atoms with Crippen molar-refractivity contribution in [2.75, 3.05) is 12.8 Å². The summed E-state index contributed by atoms with van der Waals surface area (Å²) in [6, 6.07) is 5.79. The molecule has 0 fully saturated rings. The molecule has 1 N–H and O–H groups in total. The van der Waals surface area contributed by atoms with Crippen LogP contribution in [-0.4, -0.2) is 34.8 Å². The summed E-state index contributed by atoms with van der Waals surface area (Å²) in [5, 5.41) is 4.20. The highest BCUT2D eigenvalue weighted by Crippen LogP contribution is 2.39. The zero-order valence-electron chi connectivity index (χ0n) is 14.2. The van der Waals surface area contributed by atoms with Gasteiger partial charge in [0.15, 0.2) is 5.16 Å². The zero-order valence-corrected chi connectivity index (χ0v) is 15.8. The summed E-state index contributed by atoms with van der Waals surface area (Å²) in [6.45, 7) is 2.47. The number of carbonyl (C=O) groups excluding carboxylic acids is 1.